The van der Waals surface area contributed by atoms with Gasteiger partial charge in [0, 0.05) is 25.5 Å². The van der Waals surface area contributed by atoms with Crippen molar-refractivity contribution in [3.05, 3.63) is 35.4 Å². The van der Waals surface area contributed by atoms with Crippen molar-refractivity contribution >= 4 is 0 Å². The van der Waals surface area contributed by atoms with E-state index in [2.05, 4.69) is 48.4 Å². The lowest BCUT2D eigenvalue weighted by molar-refractivity contribution is 0.528. The molecular weight excluding hydrogens is 226 g/mol. The van der Waals surface area contributed by atoms with Crippen LogP contribution < -0.4 is 5.32 Å². The molecule has 5 nitrogen and oxygen atoms in total. The van der Waals surface area contributed by atoms with Gasteiger partial charge in [0.15, 0.2) is 0 Å². The number of nitrogens with zero attached hydrogens (tertiary/aromatic N) is 4. The molecule has 18 heavy (non-hydrogen) atoms. The summed E-state index contributed by atoms with van der Waals surface area (Å²) >= 11 is 0. The number of nitrogens with one attached hydrogen (secondary N) is 1. The molecule has 1 unspecified atom stereocenters. The molecule has 2 aromatic rings. The molecule has 0 aliphatic carbocycles. The molecule has 0 bridgehead atoms. The van der Waals surface area contributed by atoms with E-state index in [0.717, 1.165) is 30.2 Å². The Hall–Kier alpha value is -1.62. The second kappa shape index (κ2) is 5.35. The molecule has 0 fully saturated rings. The van der Waals surface area contributed by atoms with Crippen molar-refractivity contribution in [3.63, 3.8) is 0 Å². The summed E-state index contributed by atoms with van der Waals surface area (Å²) in [4.78, 5) is 0. The van der Waals surface area contributed by atoms with E-state index in [4.69, 9.17) is 0 Å². The van der Waals surface area contributed by atoms with E-state index in [1.165, 1.54) is 0 Å². The first-order valence-corrected chi connectivity index (χ1v) is 6.43. The summed E-state index contributed by atoms with van der Waals surface area (Å²) in [6.45, 7) is 8.04. The molecule has 0 aliphatic heterocycles. The van der Waals surface area contributed by atoms with Crippen LogP contribution in [-0.2, 0) is 13.6 Å². The molecule has 5 heteroatoms. The fourth-order valence-corrected chi connectivity index (χ4v) is 2.15. The lowest BCUT2D eigenvalue weighted by Crippen LogP contribution is -2.25. The van der Waals surface area contributed by atoms with E-state index >= 15 is 0 Å². The van der Waals surface area contributed by atoms with Gasteiger partial charge in [0.05, 0.1) is 17.4 Å². The van der Waals surface area contributed by atoms with Gasteiger partial charge in [-0.15, -0.1) is 0 Å². The van der Waals surface area contributed by atoms with E-state index in [1.54, 1.807) is 0 Å². The highest BCUT2D eigenvalue weighted by molar-refractivity contribution is 5.23. The predicted octanol–water partition coefficient (Wildman–Crippen LogP) is 1.64. The van der Waals surface area contributed by atoms with Gasteiger partial charge in [0.2, 0.25) is 0 Å². The molecule has 2 aromatic heterocycles. The Labute approximate surface area is 108 Å². The third kappa shape index (κ3) is 2.31. The zero-order valence-electron chi connectivity index (χ0n) is 11.5. The van der Waals surface area contributed by atoms with Crippen LogP contribution in [0, 0.1) is 6.92 Å². The molecular formula is C13H21N5. The first kappa shape index (κ1) is 12.8. The third-order valence-electron chi connectivity index (χ3n) is 3.18. The largest absolute Gasteiger partial charge is 0.304 e. The van der Waals surface area contributed by atoms with Crippen LogP contribution in [0.2, 0.25) is 0 Å². The smallest absolute Gasteiger partial charge is 0.0940 e. The van der Waals surface area contributed by atoms with Gasteiger partial charge in [-0.2, -0.15) is 10.2 Å². The van der Waals surface area contributed by atoms with Crippen LogP contribution in [0.25, 0.3) is 0 Å². The van der Waals surface area contributed by atoms with Crippen LogP contribution in [0.15, 0.2) is 18.3 Å². The molecule has 0 saturated heterocycles. The quantitative estimate of drug-likeness (QED) is 0.874. The average molecular weight is 247 g/mol. The SMILES string of the molecule is CCNC(c1cc(C)n(C)n1)c1ccnn1CC. The highest BCUT2D eigenvalue weighted by atomic mass is 15.3. The minimum Gasteiger partial charge on any atom is -0.304 e. The van der Waals surface area contributed by atoms with Crippen LogP contribution >= 0.6 is 0 Å². The molecule has 0 radical (unpaired) electrons. The second-order valence-electron chi connectivity index (χ2n) is 4.40. The summed E-state index contributed by atoms with van der Waals surface area (Å²) in [5, 5.41) is 12.4. The zero-order valence-corrected chi connectivity index (χ0v) is 11.5. The van der Waals surface area contributed by atoms with Gasteiger partial charge < -0.3 is 5.32 Å². The Morgan fingerprint density at radius 3 is 2.72 bits per heavy atom. The van der Waals surface area contributed by atoms with Crippen LogP contribution in [-0.4, -0.2) is 26.1 Å². The van der Waals surface area contributed by atoms with Crippen molar-refractivity contribution in [2.75, 3.05) is 6.54 Å². The first-order chi connectivity index (χ1) is 8.67. The summed E-state index contributed by atoms with van der Waals surface area (Å²) in [6, 6.07) is 4.29. The zero-order chi connectivity index (χ0) is 13.1. The fourth-order valence-electron chi connectivity index (χ4n) is 2.15. The molecule has 1 N–H and O–H groups in total. The molecule has 2 rings (SSSR count). The Morgan fingerprint density at radius 2 is 2.17 bits per heavy atom. The van der Waals surface area contributed by atoms with E-state index in [9.17, 15) is 0 Å². The second-order valence-corrected chi connectivity index (χ2v) is 4.40. The lowest BCUT2D eigenvalue weighted by Gasteiger charge is -2.17. The van der Waals surface area contributed by atoms with E-state index in [0.29, 0.717) is 0 Å². The van der Waals surface area contributed by atoms with Crippen molar-refractivity contribution in [2.24, 2.45) is 7.05 Å². The van der Waals surface area contributed by atoms with Crippen LogP contribution in [0.3, 0.4) is 0 Å². The van der Waals surface area contributed by atoms with Crippen LogP contribution in [0.5, 0.6) is 0 Å². The molecule has 98 valence electrons. The van der Waals surface area contributed by atoms with Crippen LogP contribution in [0.1, 0.15) is 37.0 Å². The van der Waals surface area contributed by atoms with E-state index in [1.807, 2.05) is 22.6 Å². The standard InChI is InChI=1S/C13H21N5/c1-5-14-13(11-9-10(3)17(4)16-11)12-7-8-15-18(12)6-2/h7-9,13-14H,5-6H2,1-4H3. The van der Waals surface area contributed by atoms with Gasteiger partial charge in [-0.05, 0) is 32.5 Å². The molecule has 0 aromatic carbocycles. The molecule has 0 aliphatic rings. The van der Waals surface area contributed by atoms with Crippen molar-refractivity contribution in [1.82, 2.24) is 24.9 Å². The fraction of sp³-hybridized carbons (Fsp3) is 0.538. The normalized spacial score (nSPS) is 12.9. The Morgan fingerprint density at radius 1 is 1.39 bits per heavy atom. The highest BCUT2D eigenvalue weighted by Crippen LogP contribution is 2.21. The number of hydrogen-bond donors (Lipinski definition) is 1. The highest BCUT2D eigenvalue weighted by Gasteiger charge is 2.20. The Kier molecular flexibility index (Phi) is 3.81. The van der Waals surface area contributed by atoms with Gasteiger partial charge >= 0.3 is 0 Å². The van der Waals surface area contributed by atoms with Gasteiger partial charge in [0.25, 0.3) is 0 Å². The Balaban J connectivity index is 2.39. The summed E-state index contributed by atoms with van der Waals surface area (Å²) in [5.41, 5.74) is 3.37. The minimum absolute atomic E-state index is 0.109. The molecule has 0 saturated carbocycles. The van der Waals surface area contributed by atoms with Gasteiger partial charge in [0.1, 0.15) is 0 Å². The van der Waals surface area contributed by atoms with Gasteiger partial charge in [-0.1, -0.05) is 6.92 Å². The molecule has 0 spiro atoms. The molecule has 1 atom stereocenters. The summed E-state index contributed by atoms with van der Waals surface area (Å²) in [5.74, 6) is 0. The number of aryl methyl sites for hydroxylation is 3. The third-order valence-corrected chi connectivity index (χ3v) is 3.18. The van der Waals surface area contributed by atoms with Gasteiger partial charge in [-0.3, -0.25) is 9.36 Å². The molecule has 0 amide bonds. The molecule has 2 heterocycles. The number of hydrogen-bond acceptors (Lipinski definition) is 3. The van der Waals surface area contributed by atoms with Gasteiger partial charge in [-0.25, -0.2) is 0 Å². The van der Waals surface area contributed by atoms with Crippen molar-refractivity contribution in [2.45, 2.75) is 33.4 Å². The Bertz CT molecular complexity index is 492. The van der Waals surface area contributed by atoms with Crippen LogP contribution in [0.4, 0.5) is 0 Å². The van der Waals surface area contributed by atoms with Crippen molar-refractivity contribution in [3.8, 4) is 0 Å². The number of rotatable bonds is 5. The van der Waals surface area contributed by atoms with Crippen molar-refractivity contribution in [1.29, 1.82) is 0 Å². The lowest BCUT2D eigenvalue weighted by atomic mass is 10.1. The maximum Gasteiger partial charge on any atom is 0.0940 e. The topological polar surface area (TPSA) is 47.7 Å². The van der Waals surface area contributed by atoms with E-state index < -0.39 is 0 Å². The average Bonchev–Trinajstić information content (AvgIpc) is 2.94. The first-order valence-electron chi connectivity index (χ1n) is 6.43. The summed E-state index contributed by atoms with van der Waals surface area (Å²) in [7, 11) is 1.97. The number of aromatic nitrogens is 4. The summed E-state index contributed by atoms with van der Waals surface area (Å²) < 4.78 is 3.92. The maximum absolute atomic E-state index is 4.57. The van der Waals surface area contributed by atoms with E-state index in [-0.39, 0.29) is 6.04 Å². The maximum atomic E-state index is 4.57. The minimum atomic E-state index is 0.109. The monoisotopic (exact) mass is 247 g/mol. The predicted molar refractivity (Wildman–Crippen MR) is 71.4 cm³/mol. The summed E-state index contributed by atoms with van der Waals surface area (Å²) in [6.07, 6.45) is 1.85. The van der Waals surface area contributed by atoms with Crippen molar-refractivity contribution < 1.29 is 0 Å².